The summed E-state index contributed by atoms with van der Waals surface area (Å²) in [7, 11) is 1.41. The van der Waals surface area contributed by atoms with Crippen LogP contribution in [0.3, 0.4) is 0 Å². The summed E-state index contributed by atoms with van der Waals surface area (Å²) in [5.74, 6) is 1.24. The van der Waals surface area contributed by atoms with Crippen LogP contribution in [0.1, 0.15) is 52.3 Å². The number of carbonyl (C=O) groups excluding carboxylic acids is 1. The van der Waals surface area contributed by atoms with E-state index in [-0.39, 0.29) is 5.97 Å². The Bertz CT molecular complexity index is 478. The van der Waals surface area contributed by atoms with E-state index in [0.29, 0.717) is 5.92 Å². The fraction of sp³-hybridized carbons (Fsp3) is 0.769. The minimum absolute atomic E-state index is 0.239. The molecule has 106 valence electrons. The van der Waals surface area contributed by atoms with Crippen molar-refractivity contribution in [2.75, 3.05) is 12.4 Å². The molecule has 1 aliphatic rings. The minimum Gasteiger partial charge on any atom is -0.469 e. The molecule has 0 amide bonds. The predicted octanol–water partition coefficient (Wildman–Crippen LogP) is 2.81. The van der Waals surface area contributed by atoms with E-state index in [1.165, 1.54) is 31.5 Å². The fourth-order valence-corrected chi connectivity index (χ4v) is 2.53. The van der Waals surface area contributed by atoms with Crippen LogP contribution in [-0.4, -0.2) is 28.0 Å². The number of aromatic nitrogens is 2. The van der Waals surface area contributed by atoms with Crippen LogP contribution >= 0.6 is 11.5 Å². The Kier molecular flexibility index (Phi) is 3.55. The van der Waals surface area contributed by atoms with E-state index in [2.05, 4.69) is 14.7 Å². The second-order valence-corrected chi connectivity index (χ2v) is 6.85. The number of esters is 1. The quantitative estimate of drug-likeness (QED) is 0.842. The normalized spacial score (nSPS) is 16.3. The van der Waals surface area contributed by atoms with Gasteiger partial charge in [-0.05, 0) is 40.5 Å². The van der Waals surface area contributed by atoms with Crippen molar-refractivity contribution in [3.63, 3.8) is 0 Å². The van der Waals surface area contributed by atoms with Crippen molar-refractivity contribution < 1.29 is 9.53 Å². The largest absolute Gasteiger partial charge is 0.469 e. The van der Waals surface area contributed by atoms with E-state index < -0.39 is 11.0 Å². The number of rotatable bonds is 5. The molecule has 0 atom stereocenters. The molecule has 1 heterocycles. The highest BCUT2D eigenvalue weighted by Crippen LogP contribution is 2.40. The van der Waals surface area contributed by atoms with Crippen LogP contribution in [0.2, 0.25) is 0 Å². The molecule has 2 rings (SSSR count). The summed E-state index contributed by atoms with van der Waals surface area (Å²) in [5, 5.41) is 4.09. The highest BCUT2D eigenvalue weighted by atomic mass is 32.1. The van der Waals surface area contributed by atoms with Crippen molar-refractivity contribution in [3.8, 4) is 0 Å². The van der Waals surface area contributed by atoms with E-state index in [1.54, 1.807) is 0 Å². The first-order valence-corrected chi connectivity index (χ1v) is 7.25. The van der Waals surface area contributed by atoms with Gasteiger partial charge in [0.1, 0.15) is 5.82 Å². The lowest BCUT2D eigenvalue weighted by Gasteiger charge is -2.39. The maximum absolute atomic E-state index is 11.9. The number of nitrogens with one attached hydrogen (secondary N) is 1. The van der Waals surface area contributed by atoms with E-state index in [1.807, 2.05) is 27.7 Å². The third-order valence-electron chi connectivity index (χ3n) is 4.06. The van der Waals surface area contributed by atoms with Gasteiger partial charge in [0.15, 0.2) is 0 Å². The topological polar surface area (TPSA) is 64.1 Å². The second-order valence-electron chi connectivity index (χ2n) is 6.10. The number of nitrogens with zero attached hydrogens (tertiary/aromatic N) is 2. The first kappa shape index (κ1) is 14.2. The van der Waals surface area contributed by atoms with Crippen molar-refractivity contribution >= 4 is 22.6 Å². The molecule has 1 N–H and O–H groups in total. The molecule has 0 aromatic carbocycles. The summed E-state index contributed by atoms with van der Waals surface area (Å²) in [6.45, 7) is 7.69. The molecule has 0 bridgehead atoms. The van der Waals surface area contributed by atoms with Crippen LogP contribution in [0.4, 0.5) is 5.13 Å². The number of ether oxygens (including phenoxy) is 1. The Hall–Kier alpha value is -1.17. The minimum atomic E-state index is -0.660. The summed E-state index contributed by atoms with van der Waals surface area (Å²) >= 11 is 1.36. The van der Waals surface area contributed by atoms with Crippen LogP contribution in [0.5, 0.6) is 0 Å². The van der Waals surface area contributed by atoms with Gasteiger partial charge in [-0.2, -0.15) is 4.37 Å². The highest BCUT2D eigenvalue weighted by molar-refractivity contribution is 7.09. The molecule has 0 unspecified atom stereocenters. The highest BCUT2D eigenvalue weighted by Gasteiger charge is 2.45. The Balaban J connectivity index is 2.12. The average Bonchev–Trinajstić information content (AvgIpc) is 3.09. The molecule has 0 radical (unpaired) electrons. The van der Waals surface area contributed by atoms with Gasteiger partial charge in [0.25, 0.3) is 0 Å². The Morgan fingerprint density at radius 3 is 2.53 bits per heavy atom. The molecular formula is C13H21N3O2S. The number of hydrogen-bond acceptors (Lipinski definition) is 6. The first-order chi connectivity index (χ1) is 8.78. The van der Waals surface area contributed by atoms with Crippen molar-refractivity contribution in [1.82, 2.24) is 9.36 Å². The lowest BCUT2D eigenvalue weighted by Crippen LogP contribution is -2.51. The van der Waals surface area contributed by atoms with Gasteiger partial charge in [0.2, 0.25) is 5.13 Å². The molecule has 5 nitrogen and oxygen atoms in total. The maximum Gasteiger partial charge on any atom is 0.313 e. The molecular weight excluding hydrogens is 262 g/mol. The SMILES string of the molecule is COC(=O)C(C)(C)C(C)(C)Nc1nc(C2CC2)ns1. The molecule has 0 saturated heterocycles. The smallest absolute Gasteiger partial charge is 0.313 e. The summed E-state index contributed by atoms with van der Waals surface area (Å²) in [4.78, 5) is 16.4. The number of anilines is 1. The molecule has 1 fully saturated rings. The monoisotopic (exact) mass is 283 g/mol. The summed E-state index contributed by atoms with van der Waals surface area (Å²) < 4.78 is 9.24. The Morgan fingerprint density at radius 1 is 1.37 bits per heavy atom. The summed E-state index contributed by atoms with van der Waals surface area (Å²) in [6.07, 6.45) is 2.38. The number of hydrogen-bond donors (Lipinski definition) is 1. The third-order valence-corrected chi connectivity index (χ3v) is 4.71. The molecule has 1 aliphatic carbocycles. The van der Waals surface area contributed by atoms with E-state index in [9.17, 15) is 4.79 Å². The second kappa shape index (κ2) is 4.74. The lowest BCUT2D eigenvalue weighted by molar-refractivity contribution is -0.153. The zero-order chi connectivity index (χ0) is 14.3. The van der Waals surface area contributed by atoms with Crippen molar-refractivity contribution in [3.05, 3.63) is 5.82 Å². The zero-order valence-electron chi connectivity index (χ0n) is 12.1. The predicted molar refractivity (Wildman–Crippen MR) is 75.4 cm³/mol. The molecule has 0 aliphatic heterocycles. The number of carbonyl (C=O) groups is 1. The van der Waals surface area contributed by atoms with Crippen LogP contribution in [0.15, 0.2) is 0 Å². The maximum atomic E-state index is 11.9. The van der Waals surface area contributed by atoms with Crippen LogP contribution in [-0.2, 0) is 9.53 Å². The number of methoxy groups -OCH3 is 1. The lowest BCUT2D eigenvalue weighted by atomic mass is 9.74. The fourth-order valence-electron chi connectivity index (χ4n) is 1.73. The van der Waals surface area contributed by atoms with Crippen molar-refractivity contribution in [1.29, 1.82) is 0 Å². The average molecular weight is 283 g/mol. The van der Waals surface area contributed by atoms with E-state index >= 15 is 0 Å². The van der Waals surface area contributed by atoms with Gasteiger partial charge in [-0.3, -0.25) is 4.79 Å². The van der Waals surface area contributed by atoms with Gasteiger partial charge in [-0.25, -0.2) is 4.98 Å². The molecule has 6 heteroatoms. The standard InChI is InChI=1S/C13H21N3O2S/c1-12(2,10(17)18-5)13(3,4)15-11-14-9(16-19-11)8-6-7-8/h8H,6-7H2,1-5H3,(H,14,15,16). The van der Waals surface area contributed by atoms with Gasteiger partial charge in [-0.15, -0.1) is 0 Å². The molecule has 1 aromatic heterocycles. The van der Waals surface area contributed by atoms with Crippen molar-refractivity contribution in [2.24, 2.45) is 5.41 Å². The summed E-state index contributed by atoms with van der Waals surface area (Å²) in [6, 6.07) is 0. The molecule has 1 saturated carbocycles. The van der Waals surface area contributed by atoms with Crippen molar-refractivity contribution in [2.45, 2.75) is 52.0 Å². The third kappa shape index (κ3) is 2.73. The Labute approximate surface area is 117 Å². The first-order valence-electron chi connectivity index (χ1n) is 6.48. The van der Waals surface area contributed by atoms with Gasteiger partial charge >= 0.3 is 5.97 Å². The van der Waals surface area contributed by atoms with E-state index in [0.717, 1.165) is 11.0 Å². The molecule has 0 spiro atoms. The van der Waals surface area contributed by atoms with Gasteiger partial charge in [0.05, 0.1) is 12.5 Å². The Morgan fingerprint density at radius 2 is 2.00 bits per heavy atom. The zero-order valence-corrected chi connectivity index (χ0v) is 12.9. The van der Waals surface area contributed by atoms with Gasteiger partial charge in [0, 0.05) is 23.0 Å². The van der Waals surface area contributed by atoms with Gasteiger partial charge in [-0.1, -0.05) is 0 Å². The molecule has 19 heavy (non-hydrogen) atoms. The molecule has 1 aromatic rings. The van der Waals surface area contributed by atoms with E-state index in [4.69, 9.17) is 4.74 Å². The van der Waals surface area contributed by atoms with Crippen LogP contribution in [0.25, 0.3) is 0 Å². The van der Waals surface area contributed by atoms with Crippen LogP contribution < -0.4 is 5.32 Å². The van der Waals surface area contributed by atoms with Crippen LogP contribution in [0, 0.1) is 5.41 Å². The van der Waals surface area contributed by atoms with Gasteiger partial charge < -0.3 is 10.1 Å². The summed E-state index contributed by atoms with van der Waals surface area (Å²) in [5.41, 5.74) is -1.13.